The van der Waals surface area contributed by atoms with Crippen LogP contribution in [0.5, 0.6) is 0 Å². The summed E-state index contributed by atoms with van der Waals surface area (Å²) in [5, 5.41) is 10.9. The number of hydrogen-bond acceptors (Lipinski definition) is 2. The third-order valence-electron chi connectivity index (χ3n) is 9.84. The first kappa shape index (κ1) is 21.5. The average molecular weight is 422 g/mol. The fraction of sp³-hybridized carbons (Fsp3) is 0.955. The Labute approximate surface area is 168 Å². The number of rotatable bonds is 1. The molecule has 7 heteroatoms. The highest BCUT2D eigenvalue weighted by molar-refractivity contribution is 5.82. The second-order valence-electron chi connectivity index (χ2n) is 10.9. The van der Waals surface area contributed by atoms with Crippen molar-refractivity contribution < 1.29 is 31.9 Å². The molecule has 2 nitrogen and oxygen atoms in total. The van der Waals surface area contributed by atoms with E-state index < -0.39 is 29.5 Å². The van der Waals surface area contributed by atoms with E-state index in [9.17, 15) is 31.9 Å². The quantitative estimate of drug-likeness (QED) is 0.545. The van der Waals surface area contributed by atoms with Gasteiger partial charge >= 0.3 is 12.1 Å². The molecule has 4 saturated carbocycles. The van der Waals surface area contributed by atoms with Crippen LogP contribution >= 0.6 is 0 Å². The third-order valence-corrected chi connectivity index (χ3v) is 9.84. The van der Waals surface area contributed by atoms with Gasteiger partial charge in [-0.1, -0.05) is 20.8 Å². The topological polar surface area (TPSA) is 37.3 Å². The monoisotopic (exact) mass is 422 g/mol. The molecule has 29 heavy (non-hydrogen) atoms. The van der Waals surface area contributed by atoms with Crippen LogP contribution in [0.1, 0.15) is 72.1 Å². The highest BCUT2D eigenvalue weighted by Gasteiger charge is 2.79. The molecule has 4 rings (SSSR count). The predicted molar refractivity (Wildman–Crippen MR) is 97.2 cm³/mol. The Bertz CT molecular complexity index is 706. The molecule has 0 radical (unpaired) electrons. The third kappa shape index (κ3) is 2.58. The van der Waals surface area contributed by atoms with E-state index in [4.69, 9.17) is 0 Å². The van der Waals surface area contributed by atoms with Gasteiger partial charge in [0.05, 0.1) is 0 Å². The zero-order chi connectivity index (χ0) is 21.6. The summed E-state index contributed by atoms with van der Waals surface area (Å²) in [5.74, 6) is -4.68. The van der Waals surface area contributed by atoms with Crippen LogP contribution in [0.3, 0.4) is 0 Å². The van der Waals surface area contributed by atoms with Crippen molar-refractivity contribution in [2.45, 2.75) is 89.8 Å². The molecule has 4 aliphatic carbocycles. The SMILES string of the molecule is CC1C[C@@]2(C)C(CC[C@@H]3[C@H]2CC[C@@]2(C)[C@H]3CCC2(O)C(F)(F)C(F)(F)F)CC1=O. The number of ketones is 1. The number of aliphatic hydroxyl groups is 1. The van der Waals surface area contributed by atoms with Gasteiger partial charge in [0.2, 0.25) is 0 Å². The van der Waals surface area contributed by atoms with E-state index in [0.29, 0.717) is 12.8 Å². The van der Waals surface area contributed by atoms with Crippen LogP contribution in [0.25, 0.3) is 0 Å². The standard InChI is InChI=1S/C22H31F5O2/c1-12-11-18(2)13(10-17(12)28)4-5-14-15(18)6-8-19(3)16(14)7-9-20(19,29)21(23,24)22(25,26)27/h12-16,29H,4-11H2,1-3H3/t12?,13?,14-,15-,16+,18+,19+,20?/m1/s1. The molecule has 1 N–H and O–H groups in total. The van der Waals surface area contributed by atoms with E-state index in [-0.39, 0.29) is 53.6 Å². The molecule has 0 bridgehead atoms. The highest BCUT2D eigenvalue weighted by Crippen LogP contribution is 2.71. The molecule has 0 aromatic carbocycles. The van der Waals surface area contributed by atoms with E-state index in [1.807, 2.05) is 6.92 Å². The Morgan fingerprint density at radius 1 is 0.966 bits per heavy atom. The number of halogens is 5. The van der Waals surface area contributed by atoms with Crippen LogP contribution in [0.2, 0.25) is 0 Å². The Morgan fingerprint density at radius 2 is 1.59 bits per heavy atom. The Morgan fingerprint density at radius 3 is 2.21 bits per heavy atom. The molecule has 0 amide bonds. The number of alkyl halides is 5. The molecular formula is C22H31F5O2. The molecule has 0 aromatic rings. The summed E-state index contributed by atoms with van der Waals surface area (Å²) in [6, 6.07) is 0. The largest absolute Gasteiger partial charge is 0.456 e. The number of carbonyl (C=O) groups excluding carboxylic acids is 1. The van der Waals surface area contributed by atoms with Gasteiger partial charge in [0.15, 0.2) is 0 Å². The van der Waals surface area contributed by atoms with Gasteiger partial charge in [-0.3, -0.25) is 4.79 Å². The molecule has 4 fully saturated rings. The summed E-state index contributed by atoms with van der Waals surface area (Å²) in [7, 11) is 0. The molecule has 0 aliphatic heterocycles. The van der Waals surface area contributed by atoms with E-state index in [2.05, 4.69) is 6.92 Å². The van der Waals surface area contributed by atoms with Gasteiger partial charge in [-0.05, 0) is 74.0 Å². The smallest absolute Gasteiger partial charge is 0.383 e. The minimum atomic E-state index is -5.76. The summed E-state index contributed by atoms with van der Waals surface area (Å²) in [6.07, 6.45) is -2.47. The van der Waals surface area contributed by atoms with Crippen molar-refractivity contribution >= 4 is 5.78 Å². The van der Waals surface area contributed by atoms with Crippen molar-refractivity contribution in [1.29, 1.82) is 0 Å². The number of fused-ring (bicyclic) bond motifs is 5. The van der Waals surface area contributed by atoms with Crippen LogP contribution in [0.4, 0.5) is 22.0 Å². The molecule has 0 saturated heterocycles. The molecule has 0 aromatic heterocycles. The van der Waals surface area contributed by atoms with Crippen LogP contribution in [0, 0.1) is 40.4 Å². The minimum absolute atomic E-state index is 0.0293. The second kappa shape index (κ2) is 6.17. The van der Waals surface area contributed by atoms with E-state index >= 15 is 0 Å². The lowest BCUT2D eigenvalue weighted by Crippen LogP contribution is -2.66. The van der Waals surface area contributed by atoms with Crippen molar-refractivity contribution in [2.24, 2.45) is 40.4 Å². The molecule has 4 aliphatic rings. The zero-order valence-corrected chi connectivity index (χ0v) is 17.3. The van der Waals surface area contributed by atoms with Crippen LogP contribution in [-0.4, -0.2) is 28.6 Å². The maximum absolute atomic E-state index is 14.5. The summed E-state index contributed by atoms with van der Waals surface area (Å²) >= 11 is 0. The molecule has 166 valence electrons. The maximum Gasteiger partial charge on any atom is 0.456 e. The van der Waals surface area contributed by atoms with E-state index in [0.717, 1.165) is 19.3 Å². The van der Waals surface area contributed by atoms with Crippen molar-refractivity contribution in [2.75, 3.05) is 0 Å². The van der Waals surface area contributed by atoms with Gasteiger partial charge in [-0.15, -0.1) is 0 Å². The van der Waals surface area contributed by atoms with Gasteiger partial charge in [0, 0.05) is 17.8 Å². The number of carbonyl (C=O) groups is 1. The van der Waals surface area contributed by atoms with Gasteiger partial charge in [-0.2, -0.15) is 22.0 Å². The van der Waals surface area contributed by atoms with Crippen LogP contribution in [-0.2, 0) is 4.79 Å². The van der Waals surface area contributed by atoms with Crippen molar-refractivity contribution in [3.63, 3.8) is 0 Å². The zero-order valence-electron chi connectivity index (χ0n) is 17.3. The number of hydrogen-bond donors (Lipinski definition) is 1. The Balaban J connectivity index is 1.67. The fourth-order valence-corrected chi connectivity index (χ4v) is 8.17. The Hall–Kier alpha value is -0.720. The van der Waals surface area contributed by atoms with Crippen molar-refractivity contribution in [3.8, 4) is 0 Å². The van der Waals surface area contributed by atoms with E-state index in [1.165, 1.54) is 6.92 Å². The molecule has 8 atom stereocenters. The van der Waals surface area contributed by atoms with Crippen molar-refractivity contribution in [1.82, 2.24) is 0 Å². The lowest BCUT2D eigenvalue weighted by atomic mass is 9.43. The Kier molecular flexibility index (Phi) is 4.57. The summed E-state index contributed by atoms with van der Waals surface area (Å²) in [6.45, 7) is 5.60. The minimum Gasteiger partial charge on any atom is -0.383 e. The van der Waals surface area contributed by atoms with Crippen LogP contribution in [0.15, 0.2) is 0 Å². The highest BCUT2D eigenvalue weighted by atomic mass is 19.4. The van der Waals surface area contributed by atoms with Crippen LogP contribution < -0.4 is 0 Å². The summed E-state index contributed by atoms with van der Waals surface area (Å²) in [5.41, 5.74) is -4.58. The fourth-order valence-electron chi connectivity index (χ4n) is 8.17. The second-order valence-corrected chi connectivity index (χ2v) is 10.9. The first-order chi connectivity index (χ1) is 13.2. The van der Waals surface area contributed by atoms with Gasteiger partial charge < -0.3 is 5.11 Å². The molecule has 3 unspecified atom stereocenters. The first-order valence-electron chi connectivity index (χ1n) is 10.9. The first-order valence-corrected chi connectivity index (χ1v) is 10.9. The summed E-state index contributed by atoms with van der Waals surface area (Å²) in [4.78, 5) is 12.3. The van der Waals surface area contributed by atoms with Crippen molar-refractivity contribution in [3.05, 3.63) is 0 Å². The predicted octanol–water partition coefficient (Wildman–Crippen LogP) is 5.77. The van der Waals surface area contributed by atoms with Gasteiger partial charge in [0.1, 0.15) is 11.4 Å². The molecule has 0 heterocycles. The molecule has 0 spiro atoms. The van der Waals surface area contributed by atoms with Gasteiger partial charge in [0.25, 0.3) is 0 Å². The van der Waals surface area contributed by atoms with Gasteiger partial charge in [-0.25, -0.2) is 0 Å². The summed E-state index contributed by atoms with van der Waals surface area (Å²) < 4.78 is 68.6. The number of Topliss-reactive ketones (excluding diaryl/α,β-unsaturated/α-hetero) is 1. The lowest BCUT2D eigenvalue weighted by molar-refractivity contribution is -0.364. The lowest BCUT2D eigenvalue weighted by Gasteiger charge is -2.62. The maximum atomic E-state index is 14.5. The average Bonchev–Trinajstić information content (AvgIpc) is 2.88. The molecular weight excluding hydrogens is 391 g/mol. The normalized spacial score (nSPS) is 50.7. The van der Waals surface area contributed by atoms with E-state index in [1.54, 1.807) is 0 Å².